The van der Waals surface area contributed by atoms with Crippen LogP contribution in [0.3, 0.4) is 0 Å². The molecule has 0 unspecified atom stereocenters. The summed E-state index contributed by atoms with van der Waals surface area (Å²) in [6, 6.07) is 2.37. The summed E-state index contributed by atoms with van der Waals surface area (Å²) in [5, 5.41) is 12.2. The van der Waals surface area contributed by atoms with Crippen molar-refractivity contribution in [3.05, 3.63) is 23.5 Å². The number of likely N-dealkylation sites (N-methyl/N-ethyl adjacent to an activating group) is 1. The highest BCUT2D eigenvalue weighted by Gasteiger charge is 2.25. The van der Waals surface area contributed by atoms with Gasteiger partial charge in [0.05, 0.1) is 5.56 Å². The molecule has 3 N–H and O–H groups in total. The summed E-state index contributed by atoms with van der Waals surface area (Å²) in [7, 11) is 2.14. The summed E-state index contributed by atoms with van der Waals surface area (Å²) in [4.78, 5) is 16.2. The van der Waals surface area contributed by atoms with Crippen LogP contribution in [0.2, 0.25) is 0 Å². The van der Waals surface area contributed by atoms with E-state index in [4.69, 9.17) is 5.11 Å². The van der Waals surface area contributed by atoms with Crippen LogP contribution in [0.25, 0.3) is 0 Å². The van der Waals surface area contributed by atoms with Crippen LogP contribution >= 0.6 is 0 Å². The normalized spacial score (nSPS) is 15.4. The van der Waals surface area contributed by atoms with Gasteiger partial charge in [-0.1, -0.05) is 0 Å². The first-order chi connectivity index (χ1) is 8.18. The summed E-state index contributed by atoms with van der Waals surface area (Å²) < 4.78 is 0. The smallest absolute Gasteiger partial charge is 0.337 e. The quantitative estimate of drug-likeness (QED) is 0.616. The lowest BCUT2D eigenvalue weighted by Gasteiger charge is -2.15. The largest absolute Gasteiger partial charge is 0.478 e. The van der Waals surface area contributed by atoms with Crippen LogP contribution in [-0.4, -0.2) is 47.1 Å². The SMILES string of the molecule is CN(CCNCc1[nH]ccc1C(=O)O)C1CC1. The van der Waals surface area contributed by atoms with Gasteiger partial charge >= 0.3 is 5.97 Å². The molecule has 1 heterocycles. The number of aromatic amines is 1. The summed E-state index contributed by atoms with van der Waals surface area (Å²) in [5.41, 5.74) is 1.10. The Morgan fingerprint density at radius 2 is 2.41 bits per heavy atom. The molecule has 5 heteroatoms. The molecule has 0 radical (unpaired) electrons. The molecule has 0 atom stereocenters. The van der Waals surface area contributed by atoms with Crippen molar-refractivity contribution in [3.8, 4) is 0 Å². The standard InChI is InChI=1S/C12H19N3O2/c1-15(9-2-3-9)7-6-13-8-11-10(12(16)17)4-5-14-11/h4-5,9,13-14H,2-3,6-8H2,1H3,(H,16,17). The minimum absolute atomic E-state index is 0.355. The molecule has 94 valence electrons. The molecule has 1 aliphatic rings. The minimum atomic E-state index is -0.877. The Balaban J connectivity index is 1.70. The van der Waals surface area contributed by atoms with Gasteiger partial charge in [0.25, 0.3) is 0 Å². The zero-order valence-electron chi connectivity index (χ0n) is 10.1. The lowest BCUT2D eigenvalue weighted by atomic mass is 10.2. The van der Waals surface area contributed by atoms with E-state index in [2.05, 4.69) is 22.2 Å². The van der Waals surface area contributed by atoms with Gasteiger partial charge in [0, 0.05) is 37.6 Å². The Kier molecular flexibility index (Phi) is 3.81. The summed E-state index contributed by atoms with van der Waals surface area (Å²) in [5.74, 6) is -0.877. The number of carbonyl (C=O) groups is 1. The molecule has 1 fully saturated rings. The van der Waals surface area contributed by atoms with Crippen LogP contribution in [0.4, 0.5) is 0 Å². The Morgan fingerprint density at radius 3 is 3.06 bits per heavy atom. The van der Waals surface area contributed by atoms with E-state index in [0.717, 1.165) is 24.8 Å². The van der Waals surface area contributed by atoms with E-state index in [0.29, 0.717) is 12.1 Å². The molecule has 0 aliphatic heterocycles. The molecule has 0 spiro atoms. The maximum absolute atomic E-state index is 10.9. The third kappa shape index (κ3) is 3.31. The number of aromatic nitrogens is 1. The highest BCUT2D eigenvalue weighted by atomic mass is 16.4. The fourth-order valence-corrected chi connectivity index (χ4v) is 1.92. The maximum Gasteiger partial charge on any atom is 0.337 e. The second-order valence-electron chi connectivity index (χ2n) is 4.56. The van der Waals surface area contributed by atoms with Crippen molar-refractivity contribution in [2.75, 3.05) is 20.1 Å². The van der Waals surface area contributed by atoms with Crippen molar-refractivity contribution < 1.29 is 9.90 Å². The lowest BCUT2D eigenvalue weighted by Crippen LogP contribution is -2.30. The predicted molar refractivity (Wildman–Crippen MR) is 65.1 cm³/mol. The van der Waals surface area contributed by atoms with Crippen molar-refractivity contribution in [1.29, 1.82) is 0 Å². The van der Waals surface area contributed by atoms with Gasteiger partial charge in [-0.3, -0.25) is 0 Å². The van der Waals surface area contributed by atoms with E-state index in [-0.39, 0.29) is 0 Å². The molecule has 0 saturated heterocycles. The van der Waals surface area contributed by atoms with Gasteiger partial charge < -0.3 is 20.3 Å². The molecular weight excluding hydrogens is 218 g/mol. The van der Waals surface area contributed by atoms with Gasteiger partial charge in [0.15, 0.2) is 0 Å². The van der Waals surface area contributed by atoms with E-state index < -0.39 is 5.97 Å². The summed E-state index contributed by atoms with van der Waals surface area (Å²) >= 11 is 0. The number of rotatable bonds is 7. The molecule has 5 nitrogen and oxygen atoms in total. The van der Waals surface area contributed by atoms with Gasteiger partial charge in [-0.15, -0.1) is 0 Å². The fourth-order valence-electron chi connectivity index (χ4n) is 1.92. The first-order valence-corrected chi connectivity index (χ1v) is 5.99. The summed E-state index contributed by atoms with van der Waals surface area (Å²) in [6.07, 6.45) is 4.30. The number of hydrogen-bond acceptors (Lipinski definition) is 3. The zero-order valence-corrected chi connectivity index (χ0v) is 10.1. The number of hydrogen-bond donors (Lipinski definition) is 3. The molecule has 0 amide bonds. The van der Waals surface area contributed by atoms with Gasteiger partial charge in [-0.05, 0) is 26.0 Å². The molecule has 0 bridgehead atoms. The van der Waals surface area contributed by atoms with E-state index in [1.54, 1.807) is 12.3 Å². The zero-order chi connectivity index (χ0) is 12.3. The number of nitrogens with one attached hydrogen (secondary N) is 2. The summed E-state index contributed by atoms with van der Waals surface area (Å²) in [6.45, 7) is 2.46. The first-order valence-electron chi connectivity index (χ1n) is 5.99. The van der Waals surface area contributed by atoms with Crippen LogP contribution in [0.15, 0.2) is 12.3 Å². The topological polar surface area (TPSA) is 68.4 Å². The maximum atomic E-state index is 10.9. The minimum Gasteiger partial charge on any atom is -0.478 e. The molecule has 17 heavy (non-hydrogen) atoms. The number of aromatic carboxylic acids is 1. The monoisotopic (exact) mass is 237 g/mol. The average Bonchev–Trinajstić information content (AvgIpc) is 3.03. The Bertz CT molecular complexity index is 385. The molecular formula is C12H19N3O2. The van der Waals surface area contributed by atoms with Crippen molar-refractivity contribution in [2.24, 2.45) is 0 Å². The van der Waals surface area contributed by atoms with Crippen molar-refractivity contribution in [1.82, 2.24) is 15.2 Å². The Labute approximate surface area is 101 Å². The van der Waals surface area contributed by atoms with Crippen molar-refractivity contribution >= 4 is 5.97 Å². The Hall–Kier alpha value is -1.33. The van der Waals surface area contributed by atoms with E-state index in [1.807, 2.05) is 0 Å². The first kappa shape index (κ1) is 12.1. The van der Waals surface area contributed by atoms with Gasteiger partial charge in [0.1, 0.15) is 0 Å². The van der Waals surface area contributed by atoms with Crippen LogP contribution in [0, 0.1) is 0 Å². The second kappa shape index (κ2) is 5.33. The van der Waals surface area contributed by atoms with Gasteiger partial charge in [-0.2, -0.15) is 0 Å². The number of carboxylic acid groups (broad SMARTS) is 1. The fraction of sp³-hybridized carbons (Fsp3) is 0.583. The third-order valence-corrected chi connectivity index (χ3v) is 3.18. The number of H-pyrrole nitrogens is 1. The van der Waals surface area contributed by atoms with E-state index in [9.17, 15) is 4.79 Å². The van der Waals surface area contributed by atoms with E-state index in [1.165, 1.54) is 12.8 Å². The lowest BCUT2D eigenvalue weighted by molar-refractivity contribution is 0.0695. The van der Waals surface area contributed by atoms with Gasteiger partial charge in [-0.25, -0.2) is 4.79 Å². The van der Waals surface area contributed by atoms with Crippen molar-refractivity contribution in [3.63, 3.8) is 0 Å². The molecule has 2 rings (SSSR count). The van der Waals surface area contributed by atoms with Crippen LogP contribution in [0.5, 0.6) is 0 Å². The van der Waals surface area contributed by atoms with Crippen LogP contribution in [-0.2, 0) is 6.54 Å². The molecule has 1 aliphatic carbocycles. The molecule has 1 aromatic rings. The highest BCUT2D eigenvalue weighted by Crippen LogP contribution is 2.24. The van der Waals surface area contributed by atoms with E-state index >= 15 is 0 Å². The van der Waals surface area contributed by atoms with Gasteiger partial charge in [0.2, 0.25) is 0 Å². The third-order valence-electron chi connectivity index (χ3n) is 3.18. The molecule has 1 aromatic heterocycles. The number of nitrogens with zero attached hydrogens (tertiary/aromatic N) is 1. The highest BCUT2D eigenvalue weighted by molar-refractivity contribution is 5.88. The molecule has 1 saturated carbocycles. The predicted octanol–water partition coefficient (Wildman–Crippen LogP) is 0.897. The van der Waals surface area contributed by atoms with Crippen LogP contribution < -0.4 is 5.32 Å². The molecule has 0 aromatic carbocycles. The average molecular weight is 237 g/mol. The second-order valence-corrected chi connectivity index (χ2v) is 4.56. The number of carboxylic acids is 1. The van der Waals surface area contributed by atoms with Crippen LogP contribution in [0.1, 0.15) is 28.9 Å². The van der Waals surface area contributed by atoms with Crippen molar-refractivity contribution in [2.45, 2.75) is 25.4 Å². The Morgan fingerprint density at radius 1 is 1.65 bits per heavy atom.